The van der Waals surface area contributed by atoms with Gasteiger partial charge in [0.15, 0.2) is 0 Å². The number of H-pyrrole nitrogens is 1. The first-order valence-corrected chi connectivity index (χ1v) is 9.28. The average Bonchev–Trinajstić information content (AvgIpc) is 3.41. The molecule has 144 valence electrons. The molecule has 0 aliphatic heterocycles. The van der Waals surface area contributed by atoms with Gasteiger partial charge in [-0.2, -0.15) is 10.2 Å². The summed E-state index contributed by atoms with van der Waals surface area (Å²) in [6.45, 7) is 1.94. The van der Waals surface area contributed by atoms with Crippen molar-refractivity contribution in [1.82, 2.24) is 15.6 Å². The van der Waals surface area contributed by atoms with E-state index in [4.69, 9.17) is 16.0 Å². The number of amides is 1. The molecule has 0 unspecified atom stereocenters. The van der Waals surface area contributed by atoms with Crippen molar-refractivity contribution in [3.05, 3.63) is 88.8 Å². The summed E-state index contributed by atoms with van der Waals surface area (Å²) < 4.78 is 5.73. The third-order valence-corrected chi connectivity index (χ3v) is 4.74. The minimum atomic E-state index is -0.395. The number of aromatic nitrogens is 2. The van der Waals surface area contributed by atoms with E-state index in [1.165, 1.54) is 6.21 Å². The Bertz CT molecular complexity index is 1180. The van der Waals surface area contributed by atoms with Gasteiger partial charge in [-0.25, -0.2) is 5.43 Å². The first-order valence-electron chi connectivity index (χ1n) is 8.91. The number of nitrogens with one attached hydrogen (secondary N) is 2. The molecule has 2 N–H and O–H groups in total. The molecule has 2 aromatic carbocycles. The highest BCUT2D eigenvalue weighted by atomic mass is 35.5. The molecular weight excluding hydrogens is 388 g/mol. The van der Waals surface area contributed by atoms with Crippen molar-refractivity contribution in [3.63, 3.8) is 0 Å². The third kappa shape index (κ3) is 4.28. The maximum atomic E-state index is 12.2. The third-order valence-electron chi connectivity index (χ3n) is 4.33. The number of rotatable bonds is 5. The molecule has 0 radical (unpaired) electrons. The van der Waals surface area contributed by atoms with Crippen molar-refractivity contribution in [1.29, 1.82) is 0 Å². The molecule has 6 nitrogen and oxygen atoms in total. The van der Waals surface area contributed by atoms with Gasteiger partial charge in [-0.3, -0.25) is 9.89 Å². The summed E-state index contributed by atoms with van der Waals surface area (Å²) in [4.78, 5) is 12.2. The highest BCUT2D eigenvalue weighted by Crippen LogP contribution is 2.26. The van der Waals surface area contributed by atoms with Crippen LogP contribution in [0.15, 0.2) is 76.2 Å². The Labute approximate surface area is 172 Å². The van der Waals surface area contributed by atoms with Crippen LogP contribution in [-0.4, -0.2) is 22.3 Å². The highest BCUT2D eigenvalue weighted by Gasteiger charge is 2.10. The minimum Gasteiger partial charge on any atom is -0.455 e. The molecule has 7 heteroatoms. The second-order valence-corrected chi connectivity index (χ2v) is 6.81. The fraction of sp³-hybridized carbons (Fsp3) is 0.0455. The fourth-order valence-corrected chi connectivity index (χ4v) is 2.91. The molecule has 2 aromatic heterocycles. The van der Waals surface area contributed by atoms with Crippen molar-refractivity contribution in [2.24, 2.45) is 5.10 Å². The number of hydrogen-bond donors (Lipinski definition) is 2. The Morgan fingerprint density at radius 1 is 1.10 bits per heavy atom. The molecule has 0 bridgehead atoms. The van der Waals surface area contributed by atoms with E-state index in [0.717, 1.165) is 16.7 Å². The van der Waals surface area contributed by atoms with Crippen molar-refractivity contribution in [2.75, 3.05) is 0 Å². The first-order chi connectivity index (χ1) is 14.1. The van der Waals surface area contributed by atoms with Crippen LogP contribution in [0.3, 0.4) is 0 Å². The zero-order valence-corrected chi connectivity index (χ0v) is 16.3. The number of aromatic amines is 1. The molecule has 0 aliphatic carbocycles. The number of nitrogens with zero attached hydrogens (tertiary/aromatic N) is 2. The number of halogens is 1. The largest absolute Gasteiger partial charge is 0.455 e. The van der Waals surface area contributed by atoms with Gasteiger partial charge in [0.05, 0.1) is 11.9 Å². The van der Waals surface area contributed by atoms with E-state index < -0.39 is 5.91 Å². The van der Waals surface area contributed by atoms with Gasteiger partial charge in [0.1, 0.15) is 17.2 Å². The maximum absolute atomic E-state index is 12.2. The van der Waals surface area contributed by atoms with Crippen LogP contribution in [0, 0.1) is 6.92 Å². The van der Waals surface area contributed by atoms with Gasteiger partial charge in [0, 0.05) is 16.1 Å². The molecule has 2 heterocycles. The molecule has 0 saturated carbocycles. The molecule has 0 saturated heterocycles. The number of hydrazone groups is 1. The van der Waals surface area contributed by atoms with Gasteiger partial charge in [-0.15, -0.1) is 0 Å². The summed E-state index contributed by atoms with van der Waals surface area (Å²) in [5, 5.41) is 11.5. The van der Waals surface area contributed by atoms with Crippen molar-refractivity contribution >= 4 is 23.7 Å². The van der Waals surface area contributed by atoms with Gasteiger partial charge in [-0.1, -0.05) is 54.1 Å². The summed E-state index contributed by atoms with van der Waals surface area (Å²) in [6.07, 6.45) is 1.44. The van der Waals surface area contributed by atoms with Crippen LogP contribution >= 0.6 is 11.6 Å². The predicted octanol–water partition coefficient (Wildman–Crippen LogP) is 5.06. The molecule has 0 fully saturated rings. The Balaban J connectivity index is 1.40. The van der Waals surface area contributed by atoms with Crippen LogP contribution < -0.4 is 5.43 Å². The summed E-state index contributed by atoms with van der Waals surface area (Å²) in [7, 11) is 0. The Kier molecular flexibility index (Phi) is 5.27. The monoisotopic (exact) mass is 404 g/mol. The van der Waals surface area contributed by atoms with Crippen molar-refractivity contribution in [2.45, 2.75) is 6.92 Å². The smallest absolute Gasteiger partial charge is 0.289 e. The molecule has 4 aromatic rings. The predicted molar refractivity (Wildman–Crippen MR) is 113 cm³/mol. The Morgan fingerprint density at radius 2 is 1.93 bits per heavy atom. The standard InChI is InChI=1S/C22H17ClN4O2/c1-14-7-8-16(11-18(14)23)21-10-9-17(29-21)13-24-27-22(28)20-12-19(25-26-20)15-5-3-2-4-6-15/h2-13H,1H3,(H,25,26)(H,27,28). The SMILES string of the molecule is Cc1ccc(-c2ccc(C=NNC(=O)c3cc(-c4ccccc4)n[nH]3)o2)cc1Cl. The zero-order chi connectivity index (χ0) is 20.2. The van der Waals surface area contributed by atoms with Crippen LogP contribution in [0.25, 0.3) is 22.6 Å². The van der Waals surface area contributed by atoms with Gasteiger partial charge in [-0.05, 0) is 36.8 Å². The minimum absolute atomic E-state index is 0.315. The van der Waals surface area contributed by atoms with E-state index in [9.17, 15) is 4.79 Å². The summed E-state index contributed by atoms with van der Waals surface area (Å²) in [5.74, 6) is 0.778. The molecule has 29 heavy (non-hydrogen) atoms. The van der Waals surface area contributed by atoms with E-state index in [2.05, 4.69) is 20.7 Å². The van der Waals surface area contributed by atoms with E-state index in [0.29, 0.717) is 27.9 Å². The number of carbonyl (C=O) groups excluding carboxylic acids is 1. The summed E-state index contributed by atoms with van der Waals surface area (Å²) in [5.41, 5.74) is 6.25. The molecule has 0 atom stereocenters. The van der Waals surface area contributed by atoms with Crippen LogP contribution in [0.2, 0.25) is 5.02 Å². The quantitative estimate of drug-likeness (QED) is 0.360. The van der Waals surface area contributed by atoms with E-state index >= 15 is 0 Å². The van der Waals surface area contributed by atoms with Gasteiger partial charge >= 0.3 is 0 Å². The number of furan rings is 1. The topological polar surface area (TPSA) is 83.3 Å². The molecule has 1 amide bonds. The average molecular weight is 405 g/mol. The lowest BCUT2D eigenvalue weighted by Gasteiger charge is -2.00. The number of carbonyl (C=O) groups is 1. The Morgan fingerprint density at radius 3 is 2.72 bits per heavy atom. The highest BCUT2D eigenvalue weighted by molar-refractivity contribution is 6.31. The summed E-state index contributed by atoms with van der Waals surface area (Å²) in [6, 6.07) is 20.6. The number of aryl methyl sites for hydroxylation is 1. The molecular formula is C22H17ClN4O2. The molecule has 4 rings (SSSR count). The van der Waals surface area contributed by atoms with Crippen molar-refractivity contribution in [3.8, 4) is 22.6 Å². The van der Waals surface area contributed by atoms with Gasteiger partial charge in [0.25, 0.3) is 5.91 Å². The second kappa shape index (κ2) is 8.16. The van der Waals surface area contributed by atoms with Gasteiger partial charge in [0.2, 0.25) is 0 Å². The van der Waals surface area contributed by atoms with Crippen LogP contribution in [-0.2, 0) is 0 Å². The lowest BCUT2D eigenvalue weighted by atomic mass is 10.1. The van der Waals surface area contributed by atoms with Crippen LogP contribution in [0.1, 0.15) is 21.8 Å². The normalized spacial score (nSPS) is 11.1. The van der Waals surface area contributed by atoms with Crippen molar-refractivity contribution < 1.29 is 9.21 Å². The summed E-state index contributed by atoms with van der Waals surface area (Å²) >= 11 is 6.16. The number of hydrogen-bond acceptors (Lipinski definition) is 4. The maximum Gasteiger partial charge on any atom is 0.289 e. The fourth-order valence-electron chi connectivity index (χ4n) is 2.73. The molecule has 0 aliphatic rings. The lowest BCUT2D eigenvalue weighted by Crippen LogP contribution is -2.17. The zero-order valence-electron chi connectivity index (χ0n) is 15.5. The number of benzene rings is 2. The lowest BCUT2D eigenvalue weighted by molar-refractivity contribution is 0.0950. The van der Waals surface area contributed by atoms with E-state index in [1.807, 2.05) is 61.5 Å². The van der Waals surface area contributed by atoms with E-state index in [1.54, 1.807) is 12.1 Å². The molecule has 0 spiro atoms. The second-order valence-electron chi connectivity index (χ2n) is 6.40. The Hall–Kier alpha value is -3.64. The van der Waals surface area contributed by atoms with E-state index in [-0.39, 0.29) is 0 Å². The first kappa shape index (κ1) is 18.7. The van der Waals surface area contributed by atoms with Gasteiger partial charge < -0.3 is 4.42 Å². The van der Waals surface area contributed by atoms with Crippen LogP contribution in [0.5, 0.6) is 0 Å². The van der Waals surface area contributed by atoms with Crippen LogP contribution in [0.4, 0.5) is 0 Å².